The molecule has 0 aromatic rings. The van der Waals surface area contributed by atoms with Gasteiger partial charge in [0.15, 0.2) is 0 Å². The summed E-state index contributed by atoms with van der Waals surface area (Å²) in [5.41, 5.74) is -0.518. The van der Waals surface area contributed by atoms with Gasteiger partial charge in [0.25, 0.3) is 0 Å². The standard InChI is InChI=1S/C11H20O5/c1-6-11(14-5)8(9(12)13-4)7-10(2,3)15-16-11/h8H,6-7H2,1-5H3/t8-,11+/m1/s1. The van der Waals surface area contributed by atoms with E-state index in [2.05, 4.69) is 0 Å². The molecule has 0 spiro atoms. The fourth-order valence-electron chi connectivity index (χ4n) is 1.95. The number of esters is 1. The molecule has 0 N–H and O–H groups in total. The molecule has 0 amide bonds. The van der Waals surface area contributed by atoms with Crippen molar-refractivity contribution in [1.82, 2.24) is 0 Å². The molecule has 1 rings (SSSR count). The summed E-state index contributed by atoms with van der Waals surface area (Å²) in [6.45, 7) is 5.59. The first-order chi connectivity index (χ1) is 7.40. The molecule has 16 heavy (non-hydrogen) atoms. The second-order valence-corrected chi connectivity index (χ2v) is 4.58. The van der Waals surface area contributed by atoms with Crippen molar-refractivity contribution in [3.8, 4) is 0 Å². The molecule has 2 atom stereocenters. The van der Waals surface area contributed by atoms with Crippen molar-refractivity contribution in [3.05, 3.63) is 0 Å². The van der Waals surface area contributed by atoms with Gasteiger partial charge in [-0.05, 0) is 20.3 Å². The van der Waals surface area contributed by atoms with Gasteiger partial charge in [0, 0.05) is 13.5 Å². The van der Waals surface area contributed by atoms with Crippen LogP contribution < -0.4 is 0 Å². The minimum Gasteiger partial charge on any atom is -0.469 e. The Morgan fingerprint density at radius 1 is 1.38 bits per heavy atom. The summed E-state index contributed by atoms with van der Waals surface area (Å²) in [5, 5.41) is 0. The predicted molar refractivity (Wildman–Crippen MR) is 56.4 cm³/mol. The van der Waals surface area contributed by atoms with Crippen LogP contribution >= 0.6 is 0 Å². The zero-order chi connectivity index (χ0) is 12.4. The van der Waals surface area contributed by atoms with Crippen LogP contribution in [0, 0.1) is 5.92 Å². The lowest BCUT2D eigenvalue weighted by molar-refractivity contribution is -0.495. The minimum atomic E-state index is -1.04. The fraction of sp³-hybridized carbons (Fsp3) is 0.909. The van der Waals surface area contributed by atoms with Crippen molar-refractivity contribution in [3.63, 3.8) is 0 Å². The Labute approximate surface area is 95.9 Å². The average Bonchev–Trinajstić information content (AvgIpc) is 2.28. The van der Waals surface area contributed by atoms with Crippen LogP contribution in [0.3, 0.4) is 0 Å². The molecule has 0 unspecified atom stereocenters. The van der Waals surface area contributed by atoms with Gasteiger partial charge in [0.05, 0.1) is 12.7 Å². The Bertz CT molecular complexity index is 257. The van der Waals surface area contributed by atoms with Crippen LogP contribution in [0.4, 0.5) is 0 Å². The molecule has 1 heterocycles. The van der Waals surface area contributed by atoms with Crippen LogP contribution in [0.15, 0.2) is 0 Å². The first-order valence-electron chi connectivity index (χ1n) is 5.40. The molecule has 1 fully saturated rings. The maximum Gasteiger partial charge on any atom is 0.314 e. The topological polar surface area (TPSA) is 54.0 Å². The summed E-state index contributed by atoms with van der Waals surface area (Å²) in [6, 6.07) is 0. The maximum absolute atomic E-state index is 11.8. The molecule has 0 aromatic carbocycles. The van der Waals surface area contributed by atoms with Gasteiger partial charge in [-0.3, -0.25) is 4.79 Å². The summed E-state index contributed by atoms with van der Waals surface area (Å²) in [7, 11) is 2.86. The third-order valence-electron chi connectivity index (χ3n) is 2.96. The van der Waals surface area contributed by atoms with Crippen molar-refractivity contribution in [1.29, 1.82) is 0 Å². The van der Waals surface area contributed by atoms with Gasteiger partial charge in [-0.25, -0.2) is 4.89 Å². The SMILES string of the molecule is CC[C@]1(OC)OOC(C)(C)C[C@@H]1C(=O)OC. The smallest absolute Gasteiger partial charge is 0.314 e. The highest BCUT2D eigenvalue weighted by molar-refractivity contribution is 5.73. The van der Waals surface area contributed by atoms with E-state index >= 15 is 0 Å². The Balaban J connectivity index is 2.96. The van der Waals surface area contributed by atoms with E-state index in [1.54, 1.807) is 0 Å². The summed E-state index contributed by atoms with van der Waals surface area (Å²) in [4.78, 5) is 22.3. The third kappa shape index (κ3) is 2.36. The van der Waals surface area contributed by atoms with E-state index in [4.69, 9.17) is 19.2 Å². The largest absolute Gasteiger partial charge is 0.469 e. The van der Waals surface area contributed by atoms with Crippen LogP contribution in [0.2, 0.25) is 0 Å². The van der Waals surface area contributed by atoms with Crippen molar-refractivity contribution >= 4 is 5.97 Å². The average molecular weight is 232 g/mol. The van der Waals surface area contributed by atoms with Gasteiger partial charge in [-0.2, -0.15) is 4.89 Å². The Morgan fingerprint density at radius 3 is 2.44 bits per heavy atom. The molecular formula is C11H20O5. The highest BCUT2D eigenvalue weighted by atomic mass is 17.2. The van der Waals surface area contributed by atoms with Gasteiger partial charge in [0.1, 0.15) is 5.92 Å². The van der Waals surface area contributed by atoms with Crippen LogP contribution in [0.25, 0.3) is 0 Å². The summed E-state index contributed by atoms with van der Waals surface area (Å²) in [5.74, 6) is -1.85. The highest BCUT2D eigenvalue weighted by Crippen LogP contribution is 2.40. The van der Waals surface area contributed by atoms with Crippen LogP contribution in [-0.2, 0) is 24.0 Å². The van der Waals surface area contributed by atoms with Crippen LogP contribution in [-0.4, -0.2) is 31.6 Å². The molecule has 5 nitrogen and oxygen atoms in total. The molecule has 0 saturated carbocycles. The van der Waals surface area contributed by atoms with Gasteiger partial charge in [-0.15, -0.1) is 0 Å². The molecule has 0 aromatic heterocycles. The van der Waals surface area contributed by atoms with Crippen molar-refractivity contribution < 1.29 is 24.0 Å². The Morgan fingerprint density at radius 2 is 2.00 bits per heavy atom. The van der Waals surface area contributed by atoms with Crippen LogP contribution in [0.1, 0.15) is 33.6 Å². The molecule has 1 aliphatic rings. The molecule has 0 bridgehead atoms. The number of rotatable bonds is 3. The van der Waals surface area contributed by atoms with Gasteiger partial charge >= 0.3 is 5.97 Å². The number of carbonyl (C=O) groups is 1. The molecule has 1 saturated heterocycles. The van der Waals surface area contributed by atoms with E-state index in [1.165, 1.54) is 14.2 Å². The van der Waals surface area contributed by atoms with Gasteiger partial charge in [0.2, 0.25) is 5.79 Å². The molecular weight excluding hydrogens is 212 g/mol. The van der Waals surface area contributed by atoms with Crippen molar-refractivity contribution in [2.75, 3.05) is 14.2 Å². The quantitative estimate of drug-likeness (QED) is 0.547. The number of carbonyl (C=O) groups excluding carboxylic acids is 1. The Hall–Kier alpha value is -0.650. The first-order valence-corrected chi connectivity index (χ1v) is 5.40. The second kappa shape index (κ2) is 4.69. The highest BCUT2D eigenvalue weighted by Gasteiger charge is 2.52. The zero-order valence-electron chi connectivity index (χ0n) is 10.5. The minimum absolute atomic E-state index is 0.333. The van der Waals surface area contributed by atoms with Crippen LogP contribution in [0.5, 0.6) is 0 Å². The number of hydrogen-bond donors (Lipinski definition) is 0. The van der Waals surface area contributed by atoms with Crippen molar-refractivity contribution in [2.45, 2.75) is 45.0 Å². The van der Waals surface area contributed by atoms with E-state index in [0.29, 0.717) is 12.8 Å². The first kappa shape index (κ1) is 13.4. The normalized spacial score (nSPS) is 33.4. The molecule has 0 aliphatic carbocycles. The van der Waals surface area contributed by atoms with E-state index in [-0.39, 0.29) is 5.97 Å². The lowest BCUT2D eigenvalue weighted by Crippen LogP contribution is -2.54. The number of hydrogen-bond acceptors (Lipinski definition) is 5. The third-order valence-corrected chi connectivity index (χ3v) is 2.96. The lowest BCUT2D eigenvalue weighted by Gasteiger charge is -2.44. The summed E-state index contributed by atoms with van der Waals surface area (Å²) < 4.78 is 10.1. The maximum atomic E-state index is 11.8. The molecule has 0 radical (unpaired) electrons. The predicted octanol–water partition coefficient (Wildman–Crippen LogP) is 1.66. The van der Waals surface area contributed by atoms with Gasteiger partial charge < -0.3 is 9.47 Å². The van der Waals surface area contributed by atoms with E-state index < -0.39 is 17.3 Å². The molecule has 94 valence electrons. The van der Waals surface area contributed by atoms with E-state index in [1.807, 2.05) is 20.8 Å². The summed E-state index contributed by atoms with van der Waals surface area (Å²) in [6.07, 6.45) is 1.01. The zero-order valence-corrected chi connectivity index (χ0v) is 10.5. The molecule has 1 aliphatic heterocycles. The van der Waals surface area contributed by atoms with Gasteiger partial charge in [-0.1, -0.05) is 6.92 Å². The summed E-state index contributed by atoms with van der Waals surface area (Å²) >= 11 is 0. The number of ether oxygens (including phenoxy) is 2. The second-order valence-electron chi connectivity index (χ2n) is 4.58. The number of methoxy groups -OCH3 is 2. The fourth-order valence-corrected chi connectivity index (χ4v) is 1.95. The van der Waals surface area contributed by atoms with Crippen molar-refractivity contribution in [2.24, 2.45) is 5.92 Å². The van der Waals surface area contributed by atoms with E-state index in [0.717, 1.165) is 0 Å². The Kier molecular flexibility index (Phi) is 3.93. The monoisotopic (exact) mass is 232 g/mol. The molecule has 5 heteroatoms. The van der Waals surface area contributed by atoms with E-state index in [9.17, 15) is 4.79 Å². The lowest BCUT2D eigenvalue weighted by atomic mass is 9.84.